The summed E-state index contributed by atoms with van der Waals surface area (Å²) in [4.78, 5) is 11.7. The second-order valence-electron chi connectivity index (χ2n) is 3.20. The molecule has 0 saturated heterocycles. The predicted molar refractivity (Wildman–Crippen MR) is 58.2 cm³/mol. The lowest BCUT2D eigenvalue weighted by Crippen LogP contribution is -2.02. The largest absolute Gasteiger partial charge is 0.472 e. The van der Waals surface area contributed by atoms with E-state index in [1.807, 2.05) is 18.2 Å². The zero-order valence-electron chi connectivity index (χ0n) is 7.94. The molecule has 0 aliphatic rings. The maximum absolute atomic E-state index is 11.7. The maximum atomic E-state index is 11.7. The molecule has 0 unspecified atom stereocenters. The number of ketones is 1. The molecule has 0 bridgehead atoms. The van der Waals surface area contributed by atoms with Gasteiger partial charge in [-0.25, -0.2) is 0 Å². The highest BCUT2D eigenvalue weighted by atomic mass is 35.5. The van der Waals surface area contributed by atoms with Crippen molar-refractivity contribution in [2.45, 2.75) is 6.42 Å². The first-order valence-electron chi connectivity index (χ1n) is 4.56. The van der Waals surface area contributed by atoms with Crippen molar-refractivity contribution in [1.82, 2.24) is 0 Å². The van der Waals surface area contributed by atoms with E-state index < -0.39 is 0 Å². The van der Waals surface area contributed by atoms with Gasteiger partial charge in [0.1, 0.15) is 6.26 Å². The standard InChI is InChI=1S/C12H9ClO2/c13-11-4-2-1-3-9(11)7-12(14)10-5-6-15-8-10/h1-6,8H,7H2. The fourth-order valence-corrected chi connectivity index (χ4v) is 1.54. The van der Waals surface area contributed by atoms with Gasteiger partial charge in [-0.1, -0.05) is 29.8 Å². The highest BCUT2D eigenvalue weighted by molar-refractivity contribution is 6.31. The van der Waals surface area contributed by atoms with E-state index in [0.29, 0.717) is 17.0 Å². The van der Waals surface area contributed by atoms with E-state index in [4.69, 9.17) is 16.0 Å². The molecule has 1 aromatic carbocycles. The Morgan fingerprint density at radius 1 is 1.27 bits per heavy atom. The summed E-state index contributed by atoms with van der Waals surface area (Å²) >= 11 is 5.95. The predicted octanol–water partition coefficient (Wildman–Crippen LogP) is 3.36. The molecule has 1 aromatic heterocycles. The smallest absolute Gasteiger partial charge is 0.170 e. The van der Waals surface area contributed by atoms with Crippen LogP contribution in [0.25, 0.3) is 0 Å². The summed E-state index contributed by atoms with van der Waals surface area (Å²) in [5.41, 5.74) is 1.42. The quantitative estimate of drug-likeness (QED) is 0.743. The molecule has 0 radical (unpaired) electrons. The fourth-order valence-electron chi connectivity index (χ4n) is 1.34. The van der Waals surface area contributed by atoms with Crippen molar-refractivity contribution in [2.24, 2.45) is 0 Å². The van der Waals surface area contributed by atoms with Gasteiger partial charge in [0, 0.05) is 11.4 Å². The normalized spacial score (nSPS) is 10.2. The lowest BCUT2D eigenvalue weighted by Gasteiger charge is -2.01. The zero-order chi connectivity index (χ0) is 10.7. The number of hydrogen-bond acceptors (Lipinski definition) is 2. The Balaban J connectivity index is 2.17. The van der Waals surface area contributed by atoms with Crippen molar-refractivity contribution in [2.75, 3.05) is 0 Å². The summed E-state index contributed by atoms with van der Waals surface area (Å²) in [6, 6.07) is 8.98. The molecule has 2 nitrogen and oxygen atoms in total. The number of hydrogen-bond donors (Lipinski definition) is 0. The molecule has 0 atom stereocenters. The van der Waals surface area contributed by atoms with Gasteiger partial charge in [-0.3, -0.25) is 4.79 Å². The molecule has 2 aromatic rings. The Kier molecular flexibility index (Phi) is 2.88. The van der Waals surface area contributed by atoms with E-state index in [0.717, 1.165) is 5.56 Å². The Hall–Kier alpha value is -1.54. The number of carbonyl (C=O) groups is 1. The van der Waals surface area contributed by atoms with Gasteiger partial charge >= 0.3 is 0 Å². The van der Waals surface area contributed by atoms with Gasteiger partial charge in [0.25, 0.3) is 0 Å². The van der Waals surface area contributed by atoms with Crippen molar-refractivity contribution in [3.63, 3.8) is 0 Å². The number of rotatable bonds is 3. The van der Waals surface area contributed by atoms with E-state index in [1.54, 1.807) is 12.1 Å². The third kappa shape index (κ3) is 2.28. The molecule has 0 N–H and O–H groups in total. The average molecular weight is 221 g/mol. The van der Waals surface area contributed by atoms with E-state index >= 15 is 0 Å². The molecule has 2 rings (SSSR count). The second kappa shape index (κ2) is 4.32. The first kappa shape index (κ1) is 9.99. The molecule has 0 amide bonds. The highest BCUT2D eigenvalue weighted by Crippen LogP contribution is 2.17. The lowest BCUT2D eigenvalue weighted by atomic mass is 10.1. The van der Waals surface area contributed by atoms with Gasteiger partial charge in [0.05, 0.1) is 11.8 Å². The molecule has 15 heavy (non-hydrogen) atoms. The summed E-state index contributed by atoms with van der Waals surface area (Å²) in [5.74, 6) is 0.0110. The Morgan fingerprint density at radius 3 is 2.73 bits per heavy atom. The molecular weight excluding hydrogens is 212 g/mol. The molecule has 0 fully saturated rings. The minimum absolute atomic E-state index is 0.0110. The Bertz CT molecular complexity index is 460. The molecule has 1 heterocycles. The van der Waals surface area contributed by atoms with Crippen LogP contribution < -0.4 is 0 Å². The number of Topliss-reactive ketones (excluding diaryl/α,β-unsaturated/α-hetero) is 1. The molecule has 0 aliphatic carbocycles. The molecule has 0 saturated carbocycles. The molecule has 0 spiro atoms. The molecular formula is C12H9ClO2. The van der Waals surface area contributed by atoms with Crippen LogP contribution in [0.2, 0.25) is 5.02 Å². The third-order valence-corrected chi connectivity index (χ3v) is 2.52. The van der Waals surface area contributed by atoms with Crippen LogP contribution in [0.3, 0.4) is 0 Å². The van der Waals surface area contributed by atoms with Gasteiger partial charge in [-0.2, -0.15) is 0 Å². The number of carbonyl (C=O) groups excluding carboxylic acids is 1. The van der Waals surface area contributed by atoms with Crippen LogP contribution in [0.4, 0.5) is 0 Å². The average Bonchev–Trinajstić information content (AvgIpc) is 2.74. The number of furan rings is 1. The Morgan fingerprint density at radius 2 is 2.07 bits per heavy atom. The Labute approximate surface area is 92.5 Å². The minimum Gasteiger partial charge on any atom is -0.472 e. The van der Waals surface area contributed by atoms with Crippen LogP contribution in [0.5, 0.6) is 0 Å². The van der Waals surface area contributed by atoms with Crippen LogP contribution in [0.15, 0.2) is 47.3 Å². The van der Waals surface area contributed by atoms with Gasteiger partial charge < -0.3 is 4.42 Å². The van der Waals surface area contributed by atoms with Crippen molar-refractivity contribution in [1.29, 1.82) is 0 Å². The topological polar surface area (TPSA) is 30.2 Å². The summed E-state index contributed by atoms with van der Waals surface area (Å²) in [6.07, 6.45) is 3.23. The zero-order valence-corrected chi connectivity index (χ0v) is 8.70. The van der Waals surface area contributed by atoms with Crippen molar-refractivity contribution >= 4 is 17.4 Å². The number of benzene rings is 1. The summed E-state index contributed by atoms with van der Waals surface area (Å²) in [7, 11) is 0. The monoisotopic (exact) mass is 220 g/mol. The lowest BCUT2D eigenvalue weighted by molar-refractivity contribution is 0.0992. The van der Waals surface area contributed by atoms with Gasteiger partial charge in [0.15, 0.2) is 5.78 Å². The van der Waals surface area contributed by atoms with Gasteiger partial charge in [-0.15, -0.1) is 0 Å². The minimum atomic E-state index is 0.0110. The summed E-state index contributed by atoms with van der Waals surface area (Å²) in [6.45, 7) is 0. The summed E-state index contributed by atoms with van der Waals surface area (Å²) < 4.78 is 4.85. The fraction of sp³-hybridized carbons (Fsp3) is 0.0833. The van der Waals surface area contributed by atoms with E-state index in [1.165, 1.54) is 12.5 Å². The van der Waals surface area contributed by atoms with Crippen molar-refractivity contribution in [3.05, 3.63) is 59.0 Å². The van der Waals surface area contributed by atoms with E-state index in [-0.39, 0.29) is 5.78 Å². The van der Waals surface area contributed by atoms with Gasteiger partial charge in [-0.05, 0) is 17.7 Å². The van der Waals surface area contributed by atoms with Crippen molar-refractivity contribution in [3.8, 4) is 0 Å². The second-order valence-corrected chi connectivity index (χ2v) is 3.61. The molecule has 3 heteroatoms. The molecule has 76 valence electrons. The molecule has 0 aliphatic heterocycles. The van der Waals surface area contributed by atoms with E-state index in [9.17, 15) is 4.79 Å². The van der Waals surface area contributed by atoms with Crippen LogP contribution >= 0.6 is 11.6 Å². The van der Waals surface area contributed by atoms with Crippen LogP contribution in [0, 0.1) is 0 Å². The first-order chi connectivity index (χ1) is 7.27. The van der Waals surface area contributed by atoms with Crippen LogP contribution in [-0.2, 0) is 6.42 Å². The van der Waals surface area contributed by atoms with Crippen LogP contribution in [-0.4, -0.2) is 5.78 Å². The van der Waals surface area contributed by atoms with Gasteiger partial charge in [0.2, 0.25) is 0 Å². The number of halogens is 1. The maximum Gasteiger partial charge on any atom is 0.170 e. The highest BCUT2D eigenvalue weighted by Gasteiger charge is 2.09. The van der Waals surface area contributed by atoms with Crippen LogP contribution in [0.1, 0.15) is 15.9 Å². The first-order valence-corrected chi connectivity index (χ1v) is 4.94. The summed E-state index contributed by atoms with van der Waals surface area (Å²) in [5, 5.41) is 0.620. The van der Waals surface area contributed by atoms with E-state index in [2.05, 4.69) is 0 Å². The third-order valence-electron chi connectivity index (χ3n) is 2.15. The SMILES string of the molecule is O=C(Cc1ccccc1Cl)c1ccoc1. The van der Waals surface area contributed by atoms with Crippen molar-refractivity contribution < 1.29 is 9.21 Å².